The van der Waals surface area contributed by atoms with E-state index in [1.807, 2.05) is 24.3 Å². The molecule has 0 aromatic heterocycles. The second-order valence-electron chi connectivity index (χ2n) is 5.27. The molecule has 0 amide bonds. The zero-order chi connectivity index (χ0) is 15.2. The summed E-state index contributed by atoms with van der Waals surface area (Å²) in [5.41, 5.74) is 3.44. The van der Waals surface area contributed by atoms with Crippen LogP contribution in [0.2, 0.25) is 0 Å². The van der Waals surface area contributed by atoms with E-state index in [1.165, 1.54) is 11.3 Å². The van der Waals surface area contributed by atoms with Gasteiger partial charge in [-0.3, -0.25) is 0 Å². The molecule has 1 N–H and O–H groups in total. The lowest BCUT2D eigenvalue weighted by Gasteiger charge is -2.24. The minimum Gasteiger partial charge on any atom is -0.388 e. The van der Waals surface area contributed by atoms with Crippen LogP contribution in [0, 0.1) is 6.92 Å². The summed E-state index contributed by atoms with van der Waals surface area (Å²) in [4.78, 5) is 2.29. The third kappa shape index (κ3) is 4.58. The summed E-state index contributed by atoms with van der Waals surface area (Å²) in [5, 5.41) is 10.3. The molecule has 0 radical (unpaired) electrons. The second kappa shape index (κ2) is 7.62. The van der Waals surface area contributed by atoms with E-state index in [9.17, 15) is 5.11 Å². The molecule has 1 atom stereocenters. The molecule has 0 fully saturated rings. The molecule has 2 aromatic carbocycles. The van der Waals surface area contributed by atoms with Crippen molar-refractivity contribution in [1.82, 2.24) is 0 Å². The smallest absolute Gasteiger partial charge is 0.0807 e. The van der Waals surface area contributed by atoms with Gasteiger partial charge in [0.2, 0.25) is 0 Å². The van der Waals surface area contributed by atoms with Crippen LogP contribution >= 0.6 is 15.9 Å². The summed E-state index contributed by atoms with van der Waals surface area (Å²) in [7, 11) is 0. The molecule has 3 heteroatoms. The first-order chi connectivity index (χ1) is 10.1. The van der Waals surface area contributed by atoms with Crippen molar-refractivity contribution >= 4 is 21.6 Å². The molecule has 0 heterocycles. The van der Waals surface area contributed by atoms with Crippen LogP contribution in [0.15, 0.2) is 53.0 Å². The van der Waals surface area contributed by atoms with Gasteiger partial charge >= 0.3 is 0 Å². The van der Waals surface area contributed by atoms with Crippen molar-refractivity contribution in [3.05, 3.63) is 64.1 Å². The zero-order valence-corrected chi connectivity index (χ0v) is 14.2. The normalized spacial score (nSPS) is 12.2. The molecular weight excluding hydrogens is 326 g/mol. The standard InChI is InChI=1S/C18H22BrNO/c1-3-20(17-9-7-14(2)8-10-17)12-11-18(21)15-5-4-6-16(19)13-15/h4-10,13,18,21H,3,11-12H2,1-2H3. The summed E-state index contributed by atoms with van der Waals surface area (Å²) < 4.78 is 1.00. The monoisotopic (exact) mass is 347 g/mol. The molecule has 0 spiro atoms. The van der Waals surface area contributed by atoms with Crippen molar-refractivity contribution in [3.63, 3.8) is 0 Å². The first-order valence-electron chi connectivity index (χ1n) is 7.35. The highest BCUT2D eigenvalue weighted by atomic mass is 79.9. The van der Waals surface area contributed by atoms with Gasteiger partial charge in [-0.25, -0.2) is 0 Å². The van der Waals surface area contributed by atoms with Crippen LogP contribution in [0.4, 0.5) is 5.69 Å². The number of rotatable bonds is 6. The Hall–Kier alpha value is -1.32. The van der Waals surface area contributed by atoms with Gasteiger partial charge in [0.05, 0.1) is 6.10 Å². The molecular formula is C18H22BrNO. The van der Waals surface area contributed by atoms with Gasteiger partial charge in [0.15, 0.2) is 0 Å². The lowest BCUT2D eigenvalue weighted by molar-refractivity contribution is 0.169. The minimum atomic E-state index is -0.429. The number of aryl methyl sites for hydroxylation is 1. The Bertz CT molecular complexity index is 568. The quantitative estimate of drug-likeness (QED) is 0.817. The van der Waals surface area contributed by atoms with Crippen molar-refractivity contribution in [3.8, 4) is 0 Å². The van der Waals surface area contributed by atoms with E-state index >= 15 is 0 Å². The van der Waals surface area contributed by atoms with E-state index in [4.69, 9.17) is 0 Å². The van der Waals surface area contributed by atoms with Gasteiger partial charge in [0.25, 0.3) is 0 Å². The van der Waals surface area contributed by atoms with Crippen LogP contribution in [0.3, 0.4) is 0 Å². The summed E-state index contributed by atoms with van der Waals surface area (Å²) in [6, 6.07) is 16.4. The maximum atomic E-state index is 10.3. The third-order valence-corrected chi connectivity index (χ3v) is 4.18. The van der Waals surface area contributed by atoms with Crippen LogP contribution in [-0.2, 0) is 0 Å². The molecule has 0 bridgehead atoms. The predicted molar refractivity (Wildman–Crippen MR) is 92.8 cm³/mol. The highest BCUT2D eigenvalue weighted by Gasteiger charge is 2.11. The molecule has 0 aliphatic heterocycles. The summed E-state index contributed by atoms with van der Waals surface area (Å²) in [6.45, 7) is 6.02. The lowest BCUT2D eigenvalue weighted by atomic mass is 10.1. The molecule has 2 rings (SSSR count). The van der Waals surface area contributed by atoms with Crippen LogP contribution in [0.5, 0.6) is 0 Å². The number of nitrogens with zero attached hydrogens (tertiary/aromatic N) is 1. The van der Waals surface area contributed by atoms with E-state index in [-0.39, 0.29) is 0 Å². The highest BCUT2D eigenvalue weighted by molar-refractivity contribution is 9.10. The molecule has 0 aliphatic carbocycles. The summed E-state index contributed by atoms with van der Waals surface area (Å²) in [5.74, 6) is 0. The molecule has 2 nitrogen and oxygen atoms in total. The van der Waals surface area contributed by atoms with E-state index < -0.39 is 6.10 Å². The minimum absolute atomic E-state index is 0.429. The van der Waals surface area contributed by atoms with Gasteiger partial charge < -0.3 is 10.0 Å². The number of aliphatic hydroxyl groups excluding tert-OH is 1. The van der Waals surface area contributed by atoms with Crippen molar-refractivity contribution in [1.29, 1.82) is 0 Å². The fraction of sp³-hybridized carbons (Fsp3) is 0.333. The van der Waals surface area contributed by atoms with Gasteiger partial charge in [0.1, 0.15) is 0 Å². The number of benzene rings is 2. The van der Waals surface area contributed by atoms with E-state index in [0.717, 1.165) is 29.5 Å². The molecule has 112 valence electrons. The van der Waals surface area contributed by atoms with Crippen molar-refractivity contribution in [2.45, 2.75) is 26.4 Å². The third-order valence-electron chi connectivity index (χ3n) is 3.69. The van der Waals surface area contributed by atoms with E-state index in [0.29, 0.717) is 0 Å². The fourth-order valence-electron chi connectivity index (χ4n) is 2.38. The number of anilines is 1. The fourth-order valence-corrected chi connectivity index (χ4v) is 2.80. The topological polar surface area (TPSA) is 23.5 Å². The lowest BCUT2D eigenvalue weighted by Crippen LogP contribution is -2.25. The Labute approximate surface area is 135 Å². The average molecular weight is 348 g/mol. The second-order valence-corrected chi connectivity index (χ2v) is 6.19. The number of aliphatic hydroxyl groups is 1. The van der Waals surface area contributed by atoms with Crippen molar-refractivity contribution in [2.24, 2.45) is 0 Å². The van der Waals surface area contributed by atoms with Gasteiger partial charge in [-0.05, 0) is 50.1 Å². The SMILES string of the molecule is CCN(CCC(O)c1cccc(Br)c1)c1ccc(C)cc1. The van der Waals surface area contributed by atoms with Gasteiger partial charge in [-0.15, -0.1) is 0 Å². The van der Waals surface area contributed by atoms with Crippen LogP contribution < -0.4 is 4.90 Å². The number of halogens is 1. The van der Waals surface area contributed by atoms with Crippen LogP contribution in [-0.4, -0.2) is 18.2 Å². The van der Waals surface area contributed by atoms with Crippen LogP contribution in [0.1, 0.15) is 30.6 Å². The van der Waals surface area contributed by atoms with Crippen LogP contribution in [0.25, 0.3) is 0 Å². The Balaban J connectivity index is 1.98. The van der Waals surface area contributed by atoms with Crippen molar-refractivity contribution < 1.29 is 5.11 Å². The Kier molecular flexibility index (Phi) is 5.83. The molecule has 0 saturated heterocycles. The predicted octanol–water partition coefficient (Wildman–Crippen LogP) is 4.71. The summed E-state index contributed by atoms with van der Waals surface area (Å²) in [6.07, 6.45) is 0.292. The molecule has 1 unspecified atom stereocenters. The number of hydrogen-bond acceptors (Lipinski definition) is 2. The average Bonchev–Trinajstić information content (AvgIpc) is 2.49. The zero-order valence-electron chi connectivity index (χ0n) is 12.6. The molecule has 2 aromatic rings. The number of hydrogen-bond donors (Lipinski definition) is 1. The van der Waals surface area contributed by atoms with Gasteiger partial charge in [-0.2, -0.15) is 0 Å². The van der Waals surface area contributed by atoms with Crippen molar-refractivity contribution in [2.75, 3.05) is 18.0 Å². The molecule has 0 aliphatic rings. The van der Waals surface area contributed by atoms with Gasteiger partial charge in [0, 0.05) is 23.2 Å². The maximum absolute atomic E-state index is 10.3. The van der Waals surface area contributed by atoms with E-state index in [1.54, 1.807) is 0 Å². The highest BCUT2D eigenvalue weighted by Crippen LogP contribution is 2.22. The first kappa shape index (κ1) is 16.1. The van der Waals surface area contributed by atoms with Gasteiger partial charge in [-0.1, -0.05) is 45.8 Å². The Morgan fingerprint density at radius 1 is 1.14 bits per heavy atom. The molecule has 21 heavy (non-hydrogen) atoms. The Morgan fingerprint density at radius 3 is 2.48 bits per heavy atom. The summed E-state index contributed by atoms with van der Waals surface area (Å²) >= 11 is 3.45. The van der Waals surface area contributed by atoms with E-state index in [2.05, 4.69) is 58.9 Å². The Morgan fingerprint density at radius 2 is 1.86 bits per heavy atom. The maximum Gasteiger partial charge on any atom is 0.0807 e. The largest absolute Gasteiger partial charge is 0.388 e. The first-order valence-corrected chi connectivity index (χ1v) is 8.14. The molecule has 0 saturated carbocycles.